The molecule has 1 saturated carbocycles. The van der Waals surface area contributed by atoms with Crippen LogP contribution >= 0.6 is 0 Å². The van der Waals surface area contributed by atoms with Crippen molar-refractivity contribution in [1.29, 1.82) is 0 Å². The number of ketones is 1. The van der Waals surface area contributed by atoms with Gasteiger partial charge in [-0.25, -0.2) is 9.97 Å². The van der Waals surface area contributed by atoms with Gasteiger partial charge in [-0.05, 0) is 49.3 Å². The molecule has 6 rings (SSSR count). The van der Waals surface area contributed by atoms with Crippen LogP contribution < -0.4 is 9.47 Å². The van der Waals surface area contributed by atoms with Crippen molar-refractivity contribution in [3.63, 3.8) is 0 Å². The van der Waals surface area contributed by atoms with Gasteiger partial charge in [-0.2, -0.15) is 4.39 Å². The standard InChI is InChI=1S/C24H22FN3O4/c25-24-23(30)22-16(9-27-24)18-10-26-11-28(18)17(22)8-19(29)14-3-1-13(2-4-14)15-5-6-20-21(7-15)32-12-31-20/h5-7,9-11,13-14,17,30H,1-4,8,12H2. The lowest BCUT2D eigenvalue weighted by atomic mass is 9.76. The van der Waals surface area contributed by atoms with Crippen LogP contribution in [0.1, 0.15) is 55.2 Å². The average Bonchev–Trinajstić information content (AvgIpc) is 3.53. The van der Waals surface area contributed by atoms with Gasteiger partial charge in [-0.3, -0.25) is 4.79 Å². The molecule has 164 valence electrons. The van der Waals surface area contributed by atoms with Gasteiger partial charge in [0.2, 0.25) is 6.79 Å². The molecule has 7 nitrogen and oxygen atoms in total. The number of carbonyl (C=O) groups is 1. The van der Waals surface area contributed by atoms with Crippen molar-refractivity contribution in [1.82, 2.24) is 14.5 Å². The van der Waals surface area contributed by atoms with Crippen LogP contribution in [0.2, 0.25) is 0 Å². The summed E-state index contributed by atoms with van der Waals surface area (Å²) in [6.45, 7) is 0.262. The molecule has 0 spiro atoms. The molecule has 0 radical (unpaired) electrons. The van der Waals surface area contributed by atoms with Gasteiger partial charge in [-0.1, -0.05) is 6.07 Å². The highest BCUT2D eigenvalue weighted by atomic mass is 19.1. The van der Waals surface area contributed by atoms with Crippen LogP contribution in [-0.2, 0) is 4.79 Å². The number of aromatic hydroxyl groups is 1. The lowest BCUT2D eigenvalue weighted by molar-refractivity contribution is -0.124. The molecular weight excluding hydrogens is 413 g/mol. The van der Waals surface area contributed by atoms with Gasteiger partial charge in [0.05, 0.1) is 24.3 Å². The molecule has 8 heteroatoms. The quantitative estimate of drug-likeness (QED) is 0.613. The van der Waals surface area contributed by atoms with Gasteiger partial charge < -0.3 is 19.1 Å². The first-order chi connectivity index (χ1) is 15.6. The maximum absolute atomic E-state index is 14.0. The molecule has 1 unspecified atom stereocenters. The van der Waals surface area contributed by atoms with Crippen LogP contribution in [0.3, 0.4) is 0 Å². The number of hydrogen-bond acceptors (Lipinski definition) is 6. The maximum atomic E-state index is 14.0. The van der Waals surface area contributed by atoms with E-state index in [1.807, 2.05) is 10.6 Å². The SMILES string of the molecule is O=C(CC1c2c(cnc(F)c2O)-c2cncn21)C1CCC(c2ccc3c(c2)OCO3)CC1. The molecular formula is C24H22FN3O4. The van der Waals surface area contributed by atoms with Crippen molar-refractivity contribution in [3.8, 4) is 28.5 Å². The molecule has 0 amide bonds. The van der Waals surface area contributed by atoms with Gasteiger partial charge >= 0.3 is 0 Å². The number of halogens is 1. The zero-order valence-electron chi connectivity index (χ0n) is 17.3. The molecule has 2 aliphatic heterocycles. The van der Waals surface area contributed by atoms with Gasteiger partial charge in [-0.15, -0.1) is 0 Å². The second kappa shape index (κ2) is 7.32. The number of rotatable bonds is 4. The summed E-state index contributed by atoms with van der Waals surface area (Å²) >= 11 is 0. The van der Waals surface area contributed by atoms with E-state index in [2.05, 4.69) is 22.1 Å². The summed E-state index contributed by atoms with van der Waals surface area (Å²) in [4.78, 5) is 21.0. The summed E-state index contributed by atoms with van der Waals surface area (Å²) in [6.07, 6.45) is 8.36. The number of fused-ring (bicyclic) bond motifs is 4. The van der Waals surface area contributed by atoms with E-state index in [4.69, 9.17) is 9.47 Å². The van der Waals surface area contributed by atoms with Crippen LogP contribution in [-0.4, -0.2) is 32.2 Å². The second-order valence-electron chi connectivity index (χ2n) is 8.76. The number of aromatic nitrogens is 3. The number of ether oxygens (including phenoxy) is 2. The van der Waals surface area contributed by atoms with Crippen molar-refractivity contribution in [2.24, 2.45) is 5.92 Å². The Balaban J connectivity index is 1.17. The zero-order chi connectivity index (χ0) is 21.8. The van der Waals surface area contributed by atoms with Crippen LogP contribution in [0.4, 0.5) is 4.39 Å². The van der Waals surface area contributed by atoms with E-state index >= 15 is 0 Å². The molecule has 32 heavy (non-hydrogen) atoms. The van der Waals surface area contributed by atoms with E-state index in [-0.39, 0.29) is 24.9 Å². The minimum atomic E-state index is -0.913. The summed E-state index contributed by atoms with van der Waals surface area (Å²) in [7, 11) is 0. The Bertz CT molecular complexity index is 1220. The number of pyridine rings is 1. The molecule has 2 aromatic heterocycles. The Morgan fingerprint density at radius 2 is 1.97 bits per heavy atom. The maximum Gasteiger partial charge on any atom is 0.255 e. The minimum Gasteiger partial charge on any atom is -0.503 e. The van der Waals surface area contributed by atoms with Crippen LogP contribution in [0.5, 0.6) is 17.2 Å². The highest BCUT2D eigenvalue weighted by Crippen LogP contribution is 2.47. The fourth-order valence-electron chi connectivity index (χ4n) is 5.41. The van der Waals surface area contributed by atoms with Crippen molar-refractivity contribution < 1.29 is 23.8 Å². The first-order valence-corrected chi connectivity index (χ1v) is 10.9. The normalized spacial score (nSPS) is 23.1. The van der Waals surface area contributed by atoms with Gasteiger partial charge in [0, 0.05) is 29.7 Å². The number of hydrogen-bond donors (Lipinski definition) is 1. The van der Waals surface area contributed by atoms with E-state index < -0.39 is 17.7 Å². The lowest BCUT2D eigenvalue weighted by Crippen LogP contribution is -2.24. The first-order valence-electron chi connectivity index (χ1n) is 10.9. The van der Waals surface area contributed by atoms with Crippen molar-refractivity contribution >= 4 is 5.78 Å². The average molecular weight is 435 g/mol. The van der Waals surface area contributed by atoms with E-state index in [0.717, 1.165) is 42.9 Å². The van der Waals surface area contributed by atoms with Crippen LogP contribution in [0.25, 0.3) is 11.3 Å². The zero-order valence-corrected chi connectivity index (χ0v) is 17.3. The number of Topliss-reactive ketones (excluding diaryl/α,β-unsaturated/α-hetero) is 1. The Morgan fingerprint density at radius 3 is 2.81 bits per heavy atom. The molecule has 0 bridgehead atoms. The Hall–Kier alpha value is -3.42. The smallest absolute Gasteiger partial charge is 0.255 e. The van der Waals surface area contributed by atoms with Gasteiger partial charge in [0.1, 0.15) is 5.78 Å². The predicted molar refractivity (Wildman–Crippen MR) is 112 cm³/mol. The third-order valence-corrected chi connectivity index (χ3v) is 7.10. The second-order valence-corrected chi connectivity index (χ2v) is 8.76. The Morgan fingerprint density at radius 1 is 1.16 bits per heavy atom. The van der Waals surface area contributed by atoms with Crippen LogP contribution in [0, 0.1) is 11.9 Å². The summed E-state index contributed by atoms with van der Waals surface area (Å²) in [5, 5.41) is 10.3. The highest BCUT2D eigenvalue weighted by molar-refractivity contribution is 5.84. The van der Waals surface area contributed by atoms with E-state index in [1.54, 1.807) is 12.5 Å². The molecule has 1 fully saturated rings. The van der Waals surface area contributed by atoms with E-state index in [1.165, 1.54) is 11.8 Å². The molecule has 3 aliphatic rings. The summed E-state index contributed by atoms with van der Waals surface area (Å²) in [6, 6.07) is 5.63. The van der Waals surface area contributed by atoms with Gasteiger partial charge in [0.15, 0.2) is 17.2 Å². The lowest BCUT2D eigenvalue weighted by Gasteiger charge is -2.29. The van der Waals surface area contributed by atoms with Crippen LogP contribution in [0.15, 0.2) is 36.9 Å². The number of imidazole rings is 1. The molecule has 1 aromatic carbocycles. The number of benzene rings is 1. The van der Waals surface area contributed by atoms with Crippen molar-refractivity contribution in [2.75, 3.05) is 6.79 Å². The molecule has 4 heterocycles. The molecule has 3 aromatic rings. The highest BCUT2D eigenvalue weighted by Gasteiger charge is 2.37. The Kier molecular flexibility index (Phi) is 4.41. The molecule has 1 N–H and O–H groups in total. The Labute approximate surface area is 183 Å². The third kappa shape index (κ3) is 2.97. The summed E-state index contributed by atoms with van der Waals surface area (Å²) in [5.74, 6) is 0.680. The third-order valence-electron chi connectivity index (χ3n) is 7.10. The first kappa shape index (κ1) is 19.3. The van der Waals surface area contributed by atoms with E-state index in [9.17, 15) is 14.3 Å². The molecule has 1 atom stereocenters. The molecule has 0 saturated heterocycles. The monoisotopic (exact) mass is 435 g/mol. The van der Waals surface area contributed by atoms with E-state index in [0.29, 0.717) is 17.0 Å². The van der Waals surface area contributed by atoms with Crippen molar-refractivity contribution in [3.05, 3.63) is 54.0 Å². The number of nitrogens with zero attached hydrogens (tertiary/aromatic N) is 3. The largest absolute Gasteiger partial charge is 0.503 e. The molecule has 1 aliphatic carbocycles. The summed E-state index contributed by atoms with van der Waals surface area (Å²) in [5.41, 5.74) is 3.02. The number of carbonyl (C=O) groups excluding carboxylic acids is 1. The topological polar surface area (TPSA) is 86.5 Å². The van der Waals surface area contributed by atoms with Gasteiger partial charge in [0.25, 0.3) is 5.95 Å². The fraction of sp³-hybridized carbons (Fsp3) is 0.375. The predicted octanol–water partition coefficient (Wildman–Crippen LogP) is 4.35. The summed E-state index contributed by atoms with van der Waals surface area (Å²) < 4.78 is 26.7. The van der Waals surface area contributed by atoms with Crippen molar-refractivity contribution in [2.45, 2.75) is 44.1 Å². The minimum absolute atomic E-state index is 0.0369. The fourth-order valence-corrected chi connectivity index (χ4v) is 5.41.